The van der Waals surface area contributed by atoms with Crippen molar-refractivity contribution in [1.82, 2.24) is 8.61 Å². The van der Waals surface area contributed by atoms with Crippen LogP contribution in [0.1, 0.15) is 51.9 Å². The Balaban J connectivity index is 2.26. The summed E-state index contributed by atoms with van der Waals surface area (Å²) in [5.74, 6) is -1.03. The van der Waals surface area contributed by atoms with E-state index in [0.29, 0.717) is 19.5 Å². The fourth-order valence-electron chi connectivity index (χ4n) is 3.15. The first-order valence-corrected chi connectivity index (χ1v) is 8.85. The van der Waals surface area contributed by atoms with Crippen LogP contribution in [0, 0.1) is 0 Å². The zero-order chi connectivity index (χ0) is 14.8. The van der Waals surface area contributed by atoms with Gasteiger partial charge in [0, 0.05) is 19.1 Å². The molecule has 116 valence electrons. The van der Waals surface area contributed by atoms with Gasteiger partial charge >= 0.3 is 5.97 Å². The fraction of sp³-hybridized carbons (Fsp3) is 0.923. The number of hydrogen-bond acceptors (Lipinski definition) is 3. The maximum Gasteiger partial charge on any atom is 0.322 e. The Hall–Kier alpha value is -0.660. The monoisotopic (exact) mass is 304 g/mol. The highest BCUT2D eigenvalue weighted by Crippen LogP contribution is 2.27. The quantitative estimate of drug-likeness (QED) is 0.855. The minimum absolute atomic E-state index is 0.0357. The summed E-state index contributed by atoms with van der Waals surface area (Å²) in [7, 11) is -3.67. The Morgan fingerprint density at radius 2 is 1.60 bits per heavy atom. The summed E-state index contributed by atoms with van der Waals surface area (Å²) in [4.78, 5) is 11.4. The van der Waals surface area contributed by atoms with E-state index in [4.69, 9.17) is 0 Å². The molecule has 0 aliphatic carbocycles. The molecule has 0 bridgehead atoms. The summed E-state index contributed by atoms with van der Waals surface area (Å²) in [5.41, 5.74) is 0. The number of rotatable bonds is 3. The van der Waals surface area contributed by atoms with Gasteiger partial charge < -0.3 is 5.11 Å². The lowest BCUT2D eigenvalue weighted by Gasteiger charge is -2.37. The van der Waals surface area contributed by atoms with Crippen LogP contribution in [0.15, 0.2) is 0 Å². The first-order chi connectivity index (χ1) is 9.44. The molecule has 0 amide bonds. The highest BCUT2D eigenvalue weighted by atomic mass is 32.2. The van der Waals surface area contributed by atoms with Gasteiger partial charge in [-0.3, -0.25) is 4.79 Å². The van der Waals surface area contributed by atoms with Crippen LogP contribution in [-0.4, -0.2) is 53.3 Å². The third kappa shape index (κ3) is 3.15. The van der Waals surface area contributed by atoms with Crippen molar-refractivity contribution in [1.29, 1.82) is 0 Å². The minimum Gasteiger partial charge on any atom is -0.480 e. The van der Waals surface area contributed by atoms with Crippen molar-refractivity contribution in [3.63, 3.8) is 0 Å². The molecule has 2 heterocycles. The average molecular weight is 304 g/mol. The van der Waals surface area contributed by atoms with Gasteiger partial charge in [0.05, 0.1) is 0 Å². The normalized spacial score (nSPS) is 30.9. The molecule has 2 unspecified atom stereocenters. The second-order valence-electron chi connectivity index (χ2n) is 5.78. The molecule has 2 atom stereocenters. The van der Waals surface area contributed by atoms with Crippen molar-refractivity contribution in [2.45, 2.75) is 64.0 Å². The lowest BCUT2D eigenvalue weighted by Crippen LogP contribution is -2.54. The van der Waals surface area contributed by atoms with Gasteiger partial charge in [-0.15, -0.1) is 0 Å². The van der Waals surface area contributed by atoms with E-state index in [2.05, 4.69) is 0 Å². The molecular weight excluding hydrogens is 280 g/mol. The summed E-state index contributed by atoms with van der Waals surface area (Å²) in [5, 5.41) is 9.34. The second-order valence-corrected chi connectivity index (χ2v) is 7.61. The van der Waals surface area contributed by atoms with Crippen molar-refractivity contribution in [2.75, 3.05) is 13.1 Å². The molecule has 0 aromatic heterocycles. The number of carboxylic acid groups (broad SMARTS) is 1. The molecule has 1 N–H and O–H groups in total. The van der Waals surface area contributed by atoms with Crippen LogP contribution in [0.2, 0.25) is 0 Å². The average Bonchev–Trinajstić information content (AvgIpc) is 2.65. The largest absolute Gasteiger partial charge is 0.480 e. The molecule has 0 aromatic carbocycles. The number of hydrogen-bond donors (Lipinski definition) is 1. The van der Waals surface area contributed by atoms with E-state index in [1.54, 1.807) is 0 Å². The summed E-state index contributed by atoms with van der Waals surface area (Å²) < 4.78 is 28.3. The zero-order valence-corrected chi connectivity index (χ0v) is 12.8. The first-order valence-electron chi connectivity index (χ1n) is 7.46. The number of nitrogens with zero attached hydrogens (tertiary/aromatic N) is 2. The van der Waals surface area contributed by atoms with Crippen molar-refractivity contribution in [3.05, 3.63) is 0 Å². The SMILES string of the molecule is CC1CCCCN1S(=O)(=O)N1CCCCCC1C(=O)O. The molecule has 0 radical (unpaired) electrons. The van der Waals surface area contributed by atoms with Gasteiger partial charge in [-0.1, -0.05) is 19.3 Å². The smallest absolute Gasteiger partial charge is 0.322 e. The highest BCUT2D eigenvalue weighted by molar-refractivity contribution is 7.86. The number of aliphatic carboxylic acids is 1. The molecule has 7 heteroatoms. The van der Waals surface area contributed by atoms with Crippen molar-refractivity contribution >= 4 is 16.2 Å². The van der Waals surface area contributed by atoms with E-state index in [9.17, 15) is 18.3 Å². The minimum atomic E-state index is -3.67. The second kappa shape index (κ2) is 6.41. The predicted octanol–water partition coefficient (Wildman–Crippen LogP) is 1.43. The lowest BCUT2D eigenvalue weighted by molar-refractivity contribution is -0.141. The number of piperidine rings is 1. The van der Waals surface area contributed by atoms with Crippen molar-refractivity contribution in [3.8, 4) is 0 Å². The Bertz CT molecular complexity index is 451. The van der Waals surface area contributed by atoms with Crippen LogP contribution in [0.3, 0.4) is 0 Å². The maximum atomic E-state index is 12.8. The van der Waals surface area contributed by atoms with E-state index in [0.717, 1.165) is 38.5 Å². The van der Waals surface area contributed by atoms with Crippen LogP contribution >= 0.6 is 0 Å². The molecule has 2 rings (SSSR count). The lowest BCUT2D eigenvalue weighted by atomic mass is 10.1. The Morgan fingerprint density at radius 3 is 2.25 bits per heavy atom. The van der Waals surface area contributed by atoms with Gasteiger partial charge in [-0.25, -0.2) is 0 Å². The van der Waals surface area contributed by atoms with E-state index in [1.165, 1.54) is 8.61 Å². The summed E-state index contributed by atoms with van der Waals surface area (Å²) in [6.07, 6.45) is 5.57. The molecule has 2 aliphatic rings. The Kier molecular flexibility index (Phi) is 5.04. The van der Waals surface area contributed by atoms with E-state index in [1.807, 2.05) is 6.92 Å². The third-order valence-electron chi connectivity index (χ3n) is 4.32. The fourth-order valence-corrected chi connectivity index (χ4v) is 5.22. The third-order valence-corrected chi connectivity index (χ3v) is 6.49. The molecule has 2 aliphatic heterocycles. The van der Waals surface area contributed by atoms with Crippen LogP contribution in [-0.2, 0) is 15.0 Å². The van der Waals surface area contributed by atoms with Gasteiger partial charge in [0.25, 0.3) is 10.2 Å². The summed E-state index contributed by atoms with van der Waals surface area (Å²) in [6.45, 7) is 2.74. The van der Waals surface area contributed by atoms with E-state index < -0.39 is 22.2 Å². The van der Waals surface area contributed by atoms with Gasteiger partial charge in [0.2, 0.25) is 0 Å². The van der Waals surface area contributed by atoms with Crippen LogP contribution in [0.4, 0.5) is 0 Å². The van der Waals surface area contributed by atoms with Gasteiger partial charge in [0.1, 0.15) is 6.04 Å². The topological polar surface area (TPSA) is 77.9 Å². The summed E-state index contributed by atoms with van der Waals surface area (Å²) in [6, 6.07) is -0.942. The Morgan fingerprint density at radius 1 is 1.00 bits per heavy atom. The molecule has 0 aromatic rings. The highest BCUT2D eigenvalue weighted by Gasteiger charge is 2.41. The molecular formula is C13H24N2O4S. The number of carbonyl (C=O) groups is 1. The molecule has 2 fully saturated rings. The first kappa shape index (κ1) is 15.7. The maximum absolute atomic E-state index is 12.8. The standard InChI is InChI=1S/C13H24N2O4S/c1-11-7-4-6-9-14(11)20(18,19)15-10-5-2-3-8-12(15)13(16)17/h11-12H,2-10H2,1H3,(H,16,17). The van der Waals surface area contributed by atoms with Crippen molar-refractivity contribution < 1.29 is 18.3 Å². The molecule has 6 nitrogen and oxygen atoms in total. The Labute approximate surface area is 120 Å². The molecule has 0 saturated carbocycles. The zero-order valence-electron chi connectivity index (χ0n) is 12.0. The van der Waals surface area contributed by atoms with Crippen LogP contribution < -0.4 is 0 Å². The van der Waals surface area contributed by atoms with Crippen molar-refractivity contribution in [2.24, 2.45) is 0 Å². The predicted molar refractivity (Wildman–Crippen MR) is 75.5 cm³/mol. The summed E-state index contributed by atoms with van der Waals surface area (Å²) >= 11 is 0. The van der Waals surface area contributed by atoms with Crippen LogP contribution in [0.25, 0.3) is 0 Å². The van der Waals surface area contributed by atoms with Crippen LogP contribution in [0.5, 0.6) is 0 Å². The van der Waals surface area contributed by atoms with E-state index >= 15 is 0 Å². The van der Waals surface area contributed by atoms with Gasteiger partial charge in [-0.2, -0.15) is 17.0 Å². The van der Waals surface area contributed by atoms with Gasteiger partial charge in [-0.05, 0) is 32.6 Å². The molecule has 2 saturated heterocycles. The number of carboxylic acids is 1. The van der Waals surface area contributed by atoms with E-state index in [-0.39, 0.29) is 6.04 Å². The van der Waals surface area contributed by atoms with Gasteiger partial charge in [0.15, 0.2) is 0 Å². The molecule has 0 spiro atoms. The molecule has 20 heavy (non-hydrogen) atoms.